The van der Waals surface area contributed by atoms with Crippen molar-refractivity contribution in [2.45, 2.75) is 23.8 Å². The van der Waals surface area contributed by atoms with Gasteiger partial charge < -0.3 is 14.5 Å². The van der Waals surface area contributed by atoms with Crippen molar-refractivity contribution in [2.24, 2.45) is 0 Å². The Morgan fingerprint density at radius 3 is 2.74 bits per heavy atom. The molecule has 2 aromatic rings. The molecule has 0 atom stereocenters. The highest BCUT2D eigenvalue weighted by molar-refractivity contribution is 7.91. The molecule has 1 aromatic heterocycles. The molecule has 1 N–H and O–H groups in total. The molecule has 2 heterocycles. The van der Waals surface area contributed by atoms with Gasteiger partial charge in [0.2, 0.25) is 5.76 Å². The molecule has 124 valence electrons. The van der Waals surface area contributed by atoms with Crippen LogP contribution in [0.15, 0.2) is 28.7 Å². The van der Waals surface area contributed by atoms with E-state index in [4.69, 9.17) is 4.42 Å². The van der Waals surface area contributed by atoms with E-state index in [2.05, 4.69) is 10.1 Å². The van der Waals surface area contributed by atoms with Gasteiger partial charge in [0.1, 0.15) is 5.58 Å². The molecule has 6 nitrogen and oxygen atoms in total. The second kappa shape index (κ2) is 6.33. The SMILES string of the molecule is COC(=O)c1cc2cc(CS(=O)(=O)C3CCNCC3)ccc2o1. The Bertz CT molecular complexity index is 818. The maximum Gasteiger partial charge on any atom is 0.373 e. The zero-order valence-electron chi connectivity index (χ0n) is 12.9. The predicted octanol–water partition coefficient (Wildman–Crippen LogP) is 1.89. The first-order valence-corrected chi connectivity index (χ1v) is 9.24. The number of fused-ring (bicyclic) bond motifs is 1. The molecule has 23 heavy (non-hydrogen) atoms. The Balaban J connectivity index is 1.84. The average Bonchev–Trinajstić information content (AvgIpc) is 2.98. The molecule has 1 fully saturated rings. The maximum absolute atomic E-state index is 12.5. The van der Waals surface area contributed by atoms with Gasteiger partial charge in [-0.2, -0.15) is 0 Å². The van der Waals surface area contributed by atoms with Crippen molar-refractivity contribution in [2.75, 3.05) is 20.2 Å². The minimum Gasteiger partial charge on any atom is -0.463 e. The van der Waals surface area contributed by atoms with Crippen LogP contribution < -0.4 is 5.32 Å². The molecule has 0 unspecified atom stereocenters. The minimum absolute atomic E-state index is 0.00629. The fourth-order valence-electron chi connectivity index (χ4n) is 2.89. The van der Waals surface area contributed by atoms with Crippen molar-refractivity contribution in [3.8, 4) is 0 Å². The second-order valence-corrected chi connectivity index (χ2v) is 8.01. The molecule has 1 aromatic carbocycles. The summed E-state index contributed by atoms with van der Waals surface area (Å²) in [6, 6.07) is 6.74. The third kappa shape index (κ3) is 3.40. The van der Waals surface area contributed by atoms with E-state index in [1.807, 2.05) is 0 Å². The van der Waals surface area contributed by atoms with Crippen LogP contribution in [-0.4, -0.2) is 39.8 Å². The maximum atomic E-state index is 12.5. The lowest BCUT2D eigenvalue weighted by atomic mass is 10.2. The van der Waals surface area contributed by atoms with Gasteiger partial charge in [-0.15, -0.1) is 0 Å². The number of hydrogen-bond donors (Lipinski definition) is 1. The highest BCUT2D eigenvalue weighted by Crippen LogP contribution is 2.24. The number of ether oxygens (including phenoxy) is 1. The summed E-state index contributed by atoms with van der Waals surface area (Å²) in [6.45, 7) is 1.49. The number of nitrogens with one attached hydrogen (secondary N) is 1. The van der Waals surface area contributed by atoms with Crippen molar-refractivity contribution in [3.05, 3.63) is 35.6 Å². The van der Waals surface area contributed by atoms with Crippen molar-refractivity contribution < 1.29 is 22.4 Å². The van der Waals surface area contributed by atoms with Gasteiger partial charge >= 0.3 is 5.97 Å². The lowest BCUT2D eigenvalue weighted by Crippen LogP contribution is -2.36. The number of carbonyl (C=O) groups excluding carboxylic acids is 1. The molecule has 7 heteroatoms. The highest BCUT2D eigenvalue weighted by Gasteiger charge is 2.27. The largest absolute Gasteiger partial charge is 0.463 e. The zero-order chi connectivity index (χ0) is 16.4. The van der Waals surface area contributed by atoms with Crippen molar-refractivity contribution in [1.29, 1.82) is 0 Å². The van der Waals surface area contributed by atoms with E-state index in [9.17, 15) is 13.2 Å². The van der Waals surface area contributed by atoms with Gasteiger partial charge in [0.15, 0.2) is 9.84 Å². The molecule has 0 aliphatic carbocycles. The van der Waals surface area contributed by atoms with Gasteiger partial charge in [-0.3, -0.25) is 0 Å². The smallest absolute Gasteiger partial charge is 0.373 e. The van der Waals surface area contributed by atoms with Crippen LogP contribution >= 0.6 is 0 Å². The van der Waals surface area contributed by atoms with Gasteiger partial charge in [0.25, 0.3) is 0 Å². The quantitative estimate of drug-likeness (QED) is 0.858. The molecule has 0 spiro atoms. The van der Waals surface area contributed by atoms with Crippen LogP contribution in [0.2, 0.25) is 0 Å². The fourth-order valence-corrected chi connectivity index (χ4v) is 4.72. The van der Waals surface area contributed by atoms with Gasteiger partial charge in [0, 0.05) is 5.39 Å². The van der Waals surface area contributed by atoms with Crippen LogP contribution in [-0.2, 0) is 20.3 Å². The van der Waals surface area contributed by atoms with E-state index in [1.54, 1.807) is 24.3 Å². The first-order valence-electron chi connectivity index (χ1n) is 7.52. The highest BCUT2D eigenvalue weighted by atomic mass is 32.2. The molecule has 0 amide bonds. The summed E-state index contributed by atoms with van der Waals surface area (Å²) in [5.74, 6) is -0.433. The van der Waals surface area contributed by atoms with Gasteiger partial charge in [-0.1, -0.05) is 6.07 Å². The molecular formula is C16H19NO5S. The predicted molar refractivity (Wildman–Crippen MR) is 86.1 cm³/mol. The van der Waals surface area contributed by atoms with Crippen LogP contribution in [0.3, 0.4) is 0 Å². The number of rotatable bonds is 4. The molecule has 1 aliphatic rings. The van der Waals surface area contributed by atoms with E-state index < -0.39 is 15.8 Å². The summed E-state index contributed by atoms with van der Waals surface area (Å²) in [5.41, 5.74) is 1.24. The normalized spacial score (nSPS) is 16.6. The van der Waals surface area contributed by atoms with E-state index in [-0.39, 0.29) is 16.8 Å². The number of hydrogen-bond acceptors (Lipinski definition) is 6. The summed E-state index contributed by atoms with van der Waals surface area (Å²) in [7, 11) is -1.90. The number of sulfone groups is 1. The molecule has 0 radical (unpaired) electrons. The summed E-state index contributed by atoms with van der Waals surface area (Å²) in [6.07, 6.45) is 1.31. The van der Waals surface area contributed by atoms with Crippen LogP contribution in [0.4, 0.5) is 0 Å². The van der Waals surface area contributed by atoms with E-state index in [1.165, 1.54) is 7.11 Å². The van der Waals surface area contributed by atoms with Crippen molar-refractivity contribution in [3.63, 3.8) is 0 Å². The first-order chi connectivity index (χ1) is 11.0. The lowest BCUT2D eigenvalue weighted by Gasteiger charge is -2.22. The van der Waals surface area contributed by atoms with E-state index >= 15 is 0 Å². The van der Waals surface area contributed by atoms with Gasteiger partial charge in [-0.25, -0.2) is 13.2 Å². The first kappa shape index (κ1) is 16.0. The monoisotopic (exact) mass is 337 g/mol. The minimum atomic E-state index is -3.18. The third-order valence-electron chi connectivity index (χ3n) is 4.13. The Kier molecular flexibility index (Phi) is 4.41. The standard InChI is InChI=1S/C16H19NO5S/c1-21-16(18)15-9-12-8-11(2-3-14(12)22-15)10-23(19,20)13-4-6-17-7-5-13/h2-3,8-9,13,17H,4-7,10H2,1H3. The Hall–Kier alpha value is -1.86. The number of methoxy groups -OCH3 is 1. The Labute approximate surface area is 134 Å². The number of furan rings is 1. The molecule has 1 saturated heterocycles. The van der Waals surface area contributed by atoms with Crippen molar-refractivity contribution >= 4 is 26.8 Å². The zero-order valence-corrected chi connectivity index (χ0v) is 13.7. The molecule has 0 bridgehead atoms. The number of carbonyl (C=O) groups is 1. The summed E-state index contributed by atoms with van der Waals surface area (Å²) in [4.78, 5) is 11.5. The Morgan fingerprint density at radius 1 is 1.30 bits per heavy atom. The van der Waals surface area contributed by atoms with Crippen LogP contribution in [0, 0.1) is 0 Å². The molecule has 0 saturated carbocycles. The number of piperidine rings is 1. The topological polar surface area (TPSA) is 85.6 Å². The van der Waals surface area contributed by atoms with Gasteiger partial charge in [-0.05, 0) is 49.7 Å². The molecular weight excluding hydrogens is 318 g/mol. The number of esters is 1. The number of benzene rings is 1. The average molecular weight is 337 g/mol. The Morgan fingerprint density at radius 2 is 2.04 bits per heavy atom. The third-order valence-corrected chi connectivity index (χ3v) is 6.35. The molecule has 1 aliphatic heterocycles. The summed E-state index contributed by atoms with van der Waals surface area (Å²) in [5, 5.41) is 3.59. The van der Waals surface area contributed by atoms with E-state index in [0.29, 0.717) is 29.4 Å². The van der Waals surface area contributed by atoms with Crippen LogP contribution in [0.5, 0.6) is 0 Å². The lowest BCUT2D eigenvalue weighted by molar-refractivity contribution is 0.0567. The molecule has 3 rings (SSSR count). The van der Waals surface area contributed by atoms with Crippen LogP contribution in [0.25, 0.3) is 11.0 Å². The van der Waals surface area contributed by atoms with Gasteiger partial charge in [0.05, 0.1) is 18.1 Å². The van der Waals surface area contributed by atoms with Crippen LogP contribution in [0.1, 0.15) is 29.0 Å². The summed E-state index contributed by atoms with van der Waals surface area (Å²) < 4.78 is 35.1. The fraction of sp³-hybridized carbons (Fsp3) is 0.438. The van der Waals surface area contributed by atoms with E-state index in [0.717, 1.165) is 13.1 Å². The summed E-state index contributed by atoms with van der Waals surface area (Å²) >= 11 is 0. The van der Waals surface area contributed by atoms with Crippen molar-refractivity contribution in [1.82, 2.24) is 5.32 Å². The second-order valence-electron chi connectivity index (χ2n) is 5.73.